The predicted octanol–water partition coefficient (Wildman–Crippen LogP) is -0.499. The van der Waals surface area contributed by atoms with E-state index in [0.29, 0.717) is 31.7 Å². The molecular formula is C11H19ClN2O3. The van der Waals surface area contributed by atoms with Crippen LogP contribution in [0.15, 0.2) is 0 Å². The molecule has 3 aliphatic heterocycles. The minimum absolute atomic E-state index is 0. The van der Waals surface area contributed by atoms with Crippen LogP contribution in [0.5, 0.6) is 0 Å². The summed E-state index contributed by atoms with van der Waals surface area (Å²) >= 11 is 0. The maximum atomic E-state index is 12.1. The molecule has 3 heterocycles. The molecule has 3 saturated heterocycles. The van der Waals surface area contributed by atoms with Gasteiger partial charge in [-0.05, 0) is 11.8 Å². The van der Waals surface area contributed by atoms with Gasteiger partial charge in [-0.1, -0.05) is 0 Å². The number of carbonyl (C=O) groups is 1. The molecule has 3 atom stereocenters. The van der Waals surface area contributed by atoms with Crippen LogP contribution in [-0.2, 0) is 14.3 Å². The highest BCUT2D eigenvalue weighted by molar-refractivity contribution is 5.85. The first-order chi connectivity index (χ1) is 7.84. The highest BCUT2D eigenvalue weighted by Crippen LogP contribution is 2.27. The Morgan fingerprint density at radius 1 is 1.18 bits per heavy atom. The van der Waals surface area contributed by atoms with Crippen molar-refractivity contribution in [2.75, 3.05) is 46.0 Å². The van der Waals surface area contributed by atoms with E-state index in [1.807, 2.05) is 4.90 Å². The van der Waals surface area contributed by atoms with Crippen molar-refractivity contribution < 1.29 is 14.3 Å². The summed E-state index contributed by atoms with van der Waals surface area (Å²) < 4.78 is 10.7. The van der Waals surface area contributed by atoms with Gasteiger partial charge in [0, 0.05) is 26.2 Å². The molecule has 1 amide bonds. The SMILES string of the molecule is Cl.O=C(C1COCCO1)N1C[C@H]2CNC[C@H]2C1. The molecule has 1 unspecified atom stereocenters. The normalized spacial score (nSPS) is 36.5. The molecule has 0 saturated carbocycles. The van der Waals surface area contributed by atoms with Crippen molar-refractivity contribution >= 4 is 18.3 Å². The number of nitrogens with zero attached hydrogens (tertiary/aromatic N) is 1. The first-order valence-corrected chi connectivity index (χ1v) is 6.03. The third-order valence-corrected chi connectivity index (χ3v) is 3.79. The second-order valence-corrected chi connectivity index (χ2v) is 4.86. The van der Waals surface area contributed by atoms with Gasteiger partial charge in [-0.3, -0.25) is 4.79 Å². The molecule has 98 valence electrons. The van der Waals surface area contributed by atoms with Crippen molar-refractivity contribution in [2.45, 2.75) is 6.10 Å². The lowest BCUT2D eigenvalue weighted by molar-refractivity contribution is -0.157. The van der Waals surface area contributed by atoms with Crippen LogP contribution in [0.25, 0.3) is 0 Å². The molecule has 0 aromatic heterocycles. The number of nitrogens with one attached hydrogen (secondary N) is 1. The number of ether oxygens (including phenoxy) is 2. The topological polar surface area (TPSA) is 50.8 Å². The number of halogens is 1. The highest BCUT2D eigenvalue weighted by atomic mass is 35.5. The lowest BCUT2D eigenvalue weighted by Crippen LogP contribution is -2.45. The number of hydrogen-bond donors (Lipinski definition) is 1. The van der Waals surface area contributed by atoms with E-state index in [9.17, 15) is 4.79 Å². The molecule has 0 aliphatic carbocycles. The van der Waals surface area contributed by atoms with Gasteiger partial charge in [0.25, 0.3) is 5.91 Å². The van der Waals surface area contributed by atoms with E-state index in [2.05, 4.69) is 5.32 Å². The van der Waals surface area contributed by atoms with E-state index in [1.54, 1.807) is 0 Å². The highest BCUT2D eigenvalue weighted by Gasteiger charge is 2.40. The molecule has 6 heteroatoms. The number of fused-ring (bicyclic) bond motifs is 1. The Hall–Kier alpha value is -0.360. The Labute approximate surface area is 107 Å². The monoisotopic (exact) mass is 262 g/mol. The van der Waals surface area contributed by atoms with Crippen LogP contribution in [0.4, 0.5) is 0 Å². The maximum absolute atomic E-state index is 12.1. The van der Waals surface area contributed by atoms with Crippen LogP contribution < -0.4 is 5.32 Å². The predicted molar refractivity (Wildman–Crippen MR) is 64.2 cm³/mol. The second kappa shape index (κ2) is 5.52. The summed E-state index contributed by atoms with van der Waals surface area (Å²) in [5, 5.41) is 3.37. The largest absolute Gasteiger partial charge is 0.376 e. The molecule has 0 aromatic carbocycles. The van der Waals surface area contributed by atoms with Crippen molar-refractivity contribution in [3.8, 4) is 0 Å². The lowest BCUT2D eigenvalue weighted by Gasteiger charge is -2.27. The van der Waals surface area contributed by atoms with E-state index in [-0.39, 0.29) is 24.4 Å². The van der Waals surface area contributed by atoms with Crippen LogP contribution >= 0.6 is 12.4 Å². The van der Waals surface area contributed by atoms with Gasteiger partial charge >= 0.3 is 0 Å². The molecule has 0 spiro atoms. The average Bonchev–Trinajstić information content (AvgIpc) is 2.89. The fourth-order valence-corrected chi connectivity index (χ4v) is 2.87. The average molecular weight is 263 g/mol. The van der Waals surface area contributed by atoms with Crippen molar-refractivity contribution in [1.29, 1.82) is 0 Å². The minimum atomic E-state index is -0.361. The first kappa shape index (κ1) is 13.1. The fraction of sp³-hybridized carbons (Fsp3) is 0.909. The zero-order valence-corrected chi connectivity index (χ0v) is 10.6. The van der Waals surface area contributed by atoms with Crippen LogP contribution in [0.3, 0.4) is 0 Å². The molecule has 3 fully saturated rings. The quantitative estimate of drug-likeness (QED) is 0.692. The van der Waals surface area contributed by atoms with Gasteiger partial charge in [-0.2, -0.15) is 0 Å². The summed E-state index contributed by atoms with van der Waals surface area (Å²) in [6.07, 6.45) is -0.361. The van der Waals surface area contributed by atoms with Crippen molar-refractivity contribution in [3.63, 3.8) is 0 Å². The van der Waals surface area contributed by atoms with Gasteiger partial charge < -0.3 is 19.7 Å². The molecular weight excluding hydrogens is 244 g/mol. The Balaban J connectivity index is 0.00000108. The van der Waals surface area contributed by atoms with Gasteiger partial charge in [0.05, 0.1) is 19.8 Å². The minimum Gasteiger partial charge on any atom is -0.376 e. The summed E-state index contributed by atoms with van der Waals surface area (Å²) in [7, 11) is 0. The van der Waals surface area contributed by atoms with E-state index in [0.717, 1.165) is 26.2 Å². The van der Waals surface area contributed by atoms with Crippen molar-refractivity contribution in [3.05, 3.63) is 0 Å². The van der Waals surface area contributed by atoms with E-state index >= 15 is 0 Å². The van der Waals surface area contributed by atoms with E-state index in [1.165, 1.54) is 0 Å². The lowest BCUT2D eigenvalue weighted by atomic mass is 10.0. The third-order valence-electron chi connectivity index (χ3n) is 3.79. The Bertz CT molecular complexity index is 272. The van der Waals surface area contributed by atoms with Gasteiger partial charge in [-0.15, -0.1) is 12.4 Å². The van der Waals surface area contributed by atoms with Crippen LogP contribution in [0.2, 0.25) is 0 Å². The molecule has 5 nitrogen and oxygen atoms in total. The molecule has 17 heavy (non-hydrogen) atoms. The molecule has 3 rings (SSSR count). The first-order valence-electron chi connectivity index (χ1n) is 6.03. The van der Waals surface area contributed by atoms with Gasteiger partial charge in [0.15, 0.2) is 6.10 Å². The van der Waals surface area contributed by atoms with E-state index < -0.39 is 0 Å². The van der Waals surface area contributed by atoms with E-state index in [4.69, 9.17) is 9.47 Å². The zero-order chi connectivity index (χ0) is 11.0. The van der Waals surface area contributed by atoms with Crippen LogP contribution in [0, 0.1) is 11.8 Å². The summed E-state index contributed by atoms with van der Waals surface area (Å²) in [4.78, 5) is 14.1. The number of amides is 1. The summed E-state index contributed by atoms with van der Waals surface area (Å²) in [6.45, 7) is 5.44. The zero-order valence-electron chi connectivity index (χ0n) is 9.76. The molecule has 1 N–H and O–H groups in total. The van der Waals surface area contributed by atoms with Crippen LogP contribution in [-0.4, -0.2) is 62.9 Å². The molecule has 0 bridgehead atoms. The summed E-state index contributed by atoms with van der Waals surface area (Å²) in [6, 6.07) is 0. The van der Waals surface area contributed by atoms with Crippen molar-refractivity contribution in [1.82, 2.24) is 10.2 Å². The van der Waals surface area contributed by atoms with Gasteiger partial charge in [0.2, 0.25) is 0 Å². The molecule has 0 radical (unpaired) electrons. The van der Waals surface area contributed by atoms with Crippen LogP contribution in [0.1, 0.15) is 0 Å². The van der Waals surface area contributed by atoms with Gasteiger partial charge in [0.1, 0.15) is 0 Å². The standard InChI is InChI=1S/C11H18N2O3.ClH/c14-11(10-7-15-1-2-16-10)13-5-8-3-12-4-9(8)6-13;/h8-10,12H,1-7H2;1H/t8-,9+,10?;. The number of likely N-dealkylation sites (tertiary alicyclic amines) is 1. The summed E-state index contributed by atoms with van der Waals surface area (Å²) in [5.41, 5.74) is 0. The van der Waals surface area contributed by atoms with Crippen molar-refractivity contribution in [2.24, 2.45) is 11.8 Å². The smallest absolute Gasteiger partial charge is 0.254 e. The molecule has 0 aromatic rings. The summed E-state index contributed by atoms with van der Waals surface area (Å²) in [5.74, 6) is 1.41. The Morgan fingerprint density at radius 2 is 1.88 bits per heavy atom. The van der Waals surface area contributed by atoms with Gasteiger partial charge in [-0.25, -0.2) is 0 Å². The number of carbonyl (C=O) groups excluding carboxylic acids is 1. The third kappa shape index (κ3) is 2.57. The maximum Gasteiger partial charge on any atom is 0.254 e. The second-order valence-electron chi connectivity index (χ2n) is 4.86. The Kier molecular flexibility index (Phi) is 4.25. The fourth-order valence-electron chi connectivity index (χ4n) is 2.87. The Morgan fingerprint density at radius 3 is 2.47 bits per heavy atom. The number of hydrogen-bond acceptors (Lipinski definition) is 4. The number of rotatable bonds is 1. The molecule has 3 aliphatic rings.